The van der Waals surface area contributed by atoms with E-state index in [2.05, 4.69) is 22.3 Å². The summed E-state index contributed by atoms with van der Waals surface area (Å²) >= 11 is 0. The molecular weight excluding hydrogens is 288 g/mol. The molecule has 3 rings (SSSR count). The van der Waals surface area contributed by atoms with Gasteiger partial charge in [-0.05, 0) is 49.3 Å². The lowest BCUT2D eigenvalue weighted by atomic mass is 9.95. The summed E-state index contributed by atoms with van der Waals surface area (Å²) in [5, 5.41) is 13.7. The van der Waals surface area contributed by atoms with E-state index in [1.54, 1.807) is 0 Å². The Kier molecular flexibility index (Phi) is 5.34. The first-order valence-corrected chi connectivity index (χ1v) is 8.95. The zero-order chi connectivity index (χ0) is 16.2. The van der Waals surface area contributed by atoms with Crippen LogP contribution in [0.1, 0.15) is 49.8 Å². The van der Waals surface area contributed by atoms with Gasteiger partial charge in [0, 0.05) is 25.6 Å². The van der Waals surface area contributed by atoms with Crippen LogP contribution in [-0.2, 0) is 11.2 Å². The first kappa shape index (κ1) is 16.5. The zero-order valence-corrected chi connectivity index (χ0v) is 14.0. The van der Waals surface area contributed by atoms with Gasteiger partial charge in [-0.1, -0.05) is 31.2 Å². The van der Waals surface area contributed by atoms with Crippen LogP contribution in [0, 0.1) is 5.92 Å². The van der Waals surface area contributed by atoms with Crippen molar-refractivity contribution in [1.29, 1.82) is 0 Å². The molecule has 4 heteroatoms. The molecule has 2 aliphatic rings. The molecule has 1 aliphatic carbocycles. The van der Waals surface area contributed by atoms with Crippen LogP contribution in [0.2, 0.25) is 0 Å². The van der Waals surface area contributed by atoms with Gasteiger partial charge < -0.3 is 10.4 Å². The van der Waals surface area contributed by atoms with Crippen LogP contribution in [0.25, 0.3) is 0 Å². The number of aliphatic hydroxyl groups excluding tert-OH is 1. The third-order valence-corrected chi connectivity index (χ3v) is 5.25. The fourth-order valence-corrected chi connectivity index (χ4v) is 4.02. The van der Waals surface area contributed by atoms with E-state index in [1.807, 2.05) is 19.1 Å². The smallest absolute Gasteiger partial charge is 0.219 e. The molecule has 1 aliphatic heterocycles. The molecule has 0 spiro atoms. The van der Waals surface area contributed by atoms with E-state index >= 15 is 0 Å². The standard InChI is InChI=1S/C19H28N2O2/c1-2-6-18(22)20-12-14-7-5-10-21(13-14)17-11-15-8-3-4-9-16(15)19(17)23/h3-4,8-9,14,17,19,23H,2,5-7,10-13H2,1H3,(H,20,22). The van der Waals surface area contributed by atoms with Crippen molar-refractivity contribution in [1.82, 2.24) is 10.2 Å². The van der Waals surface area contributed by atoms with Gasteiger partial charge in [0.25, 0.3) is 0 Å². The SMILES string of the molecule is CCCC(=O)NCC1CCCN(C2Cc3ccccc3C2O)C1. The number of carbonyl (C=O) groups is 1. The highest BCUT2D eigenvalue weighted by Gasteiger charge is 2.36. The van der Waals surface area contributed by atoms with E-state index in [-0.39, 0.29) is 18.1 Å². The predicted molar refractivity (Wildman–Crippen MR) is 91.1 cm³/mol. The maximum atomic E-state index is 11.7. The van der Waals surface area contributed by atoms with Gasteiger partial charge in [0.05, 0.1) is 6.10 Å². The summed E-state index contributed by atoms with van der Waals surface area (Å²) in [6, 6.07) is 8.43. The van der Waals surface area contributed by atoms with Crippen molar-refractivity contribution in [3.8, 4) is 0 Å². The molecule has 1 aromatic rings. The second kappa shape index (κ2) is 7.45. The number of likely N-dealkylation sites (tertiary alicyclic amines) is 1. The minimum Gasteiger partial charge on any atom is -0.387 e. The minimum absolute atomic E-state index is 0.165. The normalized spacial score (nSPS) is 27.7. The third kappa shape index (κ3) is 3.75. The molecule has 1 saturated heterocycles. The molecule has 1 heterocycles. The molecule has 3 atom stereocenters. The van der Waals surface area contributed by atoms with E-state index in [9.17, 15) is 9.90 Å². The molecule has 126 valence electrons. The molecule has 0 aromatic heterocycles. The zero-order valence-electron chi connectivity index (χ0n) is 14.0. The monoisotopic (exact) mass is 316 g/mol. The average molecular weight is 316 g/mol. The van der Waals surface area contributed by atoms with E-state index in [0.29, 0.717) is 12.3 Å². The lowest BCUT2D eigenvalue weighted by Crippen LogP contribution is -2.47. The van der Waals surface area contributed by atoms with Crippen molar-refractivity contribution < 1.29 is 9.90 Å². The van der Waals surface area contributed by atoms with Gasteiger partial charge >= 0.3 is 0 Å². The topological polar surface area (TPSA) is 52.6 Å². The van der Waals surface area contributed by atoms with Crippen molar-refractivity contribution in [2.45, 2.75) is 51.2 Å². The molecule has 1 aromatic carbocycles. The molecule has 1 fully saturated rings. The second-order valence-corrected chi connectivity index (χ2v) is 6.97. The lowest BCUT2D eigenvalue weighted by Gasteiger charge is -2.38. The Hall–Kier alpha value is -1.39. The Labute approximate surface area is 138 Å². The summed E-state index contributed by atoms with van der Waals surface area (Å²) in [4.78, 5) is 14.1. The quantitative estimate of drug-likeness (QED) is 0.876. The van der Waals surface area contributed by atoms with E-state index < -0.39 is 0 Å². The number of rotatable bonds is 5. The van der Waals surface area contributed by atoms with Crippen LogP contribution in [0.3, 0.4) is 0 Å². The first-order valence-electron chi connectivity index (χ1n) is 8.95. The molecule has 2 N–H and O–H groups in total. The number of piperidine rings is 1. The summed E-state index contributed by atoms with van der Waals surface area (Å²) in [6.45, 7) is 4.82. The summed E-state index contributed by atoms with van der Waals surface area (Å²) in [5.41, 5.74) is 2.37. The Morgan fingerprint density at radius 2 is 2.22 bits per heavy atom. The number of benzene rings is 1. The van der Waals surface area contributed by atoms with Gasteiger partial charge in [0.2, 0.25) is 5.91 Å². The number of carbonyl (C=O) groups excluding carboxylic acids is 1. The Balaban J connectivity index is 1.56. The van der Waals surface area contributed by atoms with Gasteiger partial charge in [0.1, 0.15) is 0 Å². The fourth-order valence-electron chi connectivity index (χ4n) is 4.02. The predicted octanol–water partition coefficient (Wildman–Crippen LogP) is 2.27. The van der Waals surface area contributed by atoms with Crippen molar-refractivity contribution in [3.05, 3.63) is 35.4 Å². The molecule has 0 bridgehead atoms. The maximum absolute atomic E-state index is 11.7. The van der Waals surface area contributed by atoms with Crippen molar-refractivity contribution in [2.24, 2.45) is 5.92 Å². The highest BCUT2D eigenvalue weighted by molar-refractivity contribution is 5.75. The Bertz CT molecular complexity index is 546. The largest absolute Gasteiger partial charge is 0.387 e. The summed E-state index contributed by atoms with van der Waals surface area (Å²) in [5.74, 6) is 0.665. The highest BCUT2D eigenvalue weighted by atomic mass is 16.3. The Morgan fingerprint density at radius 3 is 3.00 bits per heavy atom. The van der Waals surface area contributed by atoms with Crippen molar-refractivity contribution >= 4 is 5.91 Å². The highest BCUT2D eigenvalue weighted by Crippen LogP contribution is 2.35. The number of fused-ring (bicyclic) bond motifs is 1. The van der Waals surface area contributed by atoms with Gasteiger partial charge in [-0.25, -0.2) is 0 Å². The lowest BCUT2D eigenvalue weighted by molar-refractivity contribution is -0.121. The molecule has 0 radical (unpaired) electrons. The number of nitrogens with one attached hydrogen (secondary N) is 1. The second-order valence-electron chi connectivity index (χ2n) is 6.97. The third-order valence-electron chi connectivity index (χ3n) is 5.25. The number of nitrogens with zero attached hydrogens (tertiary/aromatic N) is 1. The maximum Gasteiger partial charge on any atom is 0.219 e. The van der Waals surface area contributed by atoms with Gasteiger partial charge in [-0.15, -0.1) is 0 Å². The summed E-state index contributed by atoms with van der Waals surface area (Å²) in [6.07, 6.45) is 4.39. The molecule has 23 heavy (non-hydrogen) atoms. The van der Waals surface area contributed by atoms with Crippen LogP contribution in [0.5, 0.6) is 0 Å². The number of amides is 1. The van der Waals surface area contributed by atoms with Crippen LogP contribution in [0.15, 0.2) is 24.3 Å². The molecule has 0 saturated carbocycles. The van der Waals surface area contributed by atoms with Crippen LogP contribution < -0.4 is 5.32 Å². The summed E-state index contributed by atoms with van der Waals surface area (Å²) < 4.78 is 0. The van der Waals surface area contributed by atoms with Crippen molar-refractivity contribution in [3.63, 3.8) is 0 Å². The Morgan fingerprint density at radius 1 is 1.39 bits per heavy atom. The number of aliphatic hydroxyl groups is 1. The molecular formula is C19H28N2O2. The van der Waals surface area contributed by atoms with Crippen LogP contribution in [0.4, 0.5) is 0 Å². The van der Waals surface area contributed by atoms with E-state index in [4.69, 9.17) is 0 Å². The first-order chi connectivity index (χ1) is 11.2. The van der Waals surface area contributed by atoms with Crippen LogP contribution in [-0.4, -0.2) is 41.6 Å². The number of hydrogen-bond acceptors (Lipinski definition) is 3. The molecule has 4 nitrogen and oxygen atoms in total. The summed E-state index contributed by atoms with van der Waals surface area (Å²) in [7, 11) is 0. The fraction of sp³-hybridized carbons (Fsp3) is 0.632. The van der Waals surface area contributed by atoms with Crippen molar-refractivity contribution in [2.75, 3.05) is 19.6 Å². The van der Waals surface area contributed by atoms with E-state index in [1.165, 1.54) is 12.0 Å². The number of hydrogen-bond donors (Lipinski definition) is 2. The molecule has 3 unspecified atom stereocenters. The molecule has 1 amide bonds. The minimum atomic E-state index is -0.375. The van der Waals surface area contributed by atoms with Gasteiger partial charge in [0.15, 0.2) is 0 Å². The van der Waals surface area contributed by atoms with Gasteiger partial charge in [-0.2, -0.15) is 0 Å². The van der Waals surface area contributed by atoms with Crippen LogP contribution >= 0.6 is 0 Å². The van der Waals surface area contributed by atoms with Gasteiger partial charge in [-0.3, -0.25) is 9.69 Å². The van der Waals surface area contributed by atoms with E-state index in [0.717, 1.165) is 44.5 Å². The average Bonchev–Trinajstić information content (AvgIpc) is 2.91.